The Kier molecular flexibility index (Phi) is 7.91. The van der Waals surface area contributed by atoms with Crippen LogP contribution in [0.5, 0.6) is 5.88 Å². The molecule has 0 unspecified atom stereocenters. The van der Waals surface area contributed by atoms with E-state index in [-0.39, 0.29) is 12.1 Å². The Bertz CT molecular complexity index is 1160. The van der Waals surface area contributed by atoms with E-state index in [0.29, 0.717) is 48.6 Å². The highest BCUT2D eigenvalue weighted by Gasteiger charge is 2.41. The van der Waals surface area contributed by atoms with Gasteiger partial charge in [-0.2, -0.15) is 0 Å². The molecule has 3 fully saturated rings. The van der Waals surface area contributed by atoms with Crippen LogP contribution < -0.4 is 20.3 Å². The van der Waals surface area contributed by atoms with Gasteiger partial charge in [-0.25, -0.2) is 9.78 Å². The maximum absolute atomic E-state index is 12.4. The van der Waals surface area contributed by atoms with Gasteiger partial charge in [0.1, 0.15) is 12.2 Å². The molecule has 2 bridgehead atoms. The van der Waals surface area contributed by atoms with Gasteiger partial charge in [0.2, 0.25) is 5.88 Å². The van der Waals surface area contributed by atoms with Crippen LogP contribution in [0.1, 0.15) is 40.5 Å². The van der Waals surface area contributed by atoms with Crippen molar-refractivity contribution in [3.8, 4) is 5.88 Å². The standard InChI is InChI=1S/C27H39ClN8O3/c1-18-15-34(26(37)39-27(2,3)4)10-9-33(18)11-12-38-24-13-19(7-8-30-24)36-20-5-6-21(36)17-35(16-20)22-14-23(28)31-32-25(22)29/h7-8,13-14,18,20-21H,5-6,9-12,15-17H2,1-4H3,(H2,29,32)/t18-,20-,21-/m1/s1. The molecule has 5 rings (SSSR count). The molecule has 0 spiro atoms. The minimum Gasteiger partial charge on any atom is -0.476 e. The molecule has 39 heavy (non-hydrogen) atoms. The molecule has 0 saturated carbocycles. The summed E-state index contributed by atoms with van der Waals surface area (Å²) in [6, 6.07) is 6.84. The lowest BCUT2D eigenvalue weighted by Crippen LogP contribution is -2.55. The summed E-state index contributed by atoms with van der Waals surface area (Å²) < 4.78 is 11.6. The van der Waals surface area contributed by atoms with Crippen molar-refractivity contribution < 1.29 is 14.3 Å². The van der Waals surface area contributed by atoms with Gasteiger partial charge in [0.25, 0.3) is 0 Å². The van der Waals surface area contributed by atoms with Crippen molar-refractivity contribution in [2.24, 2.45) is 0 Å². The number of fused-ring (bicyclic) bond motifs is 2. The summed E-state index contributed by atoms with van der Waals surface area (Å²) in [5, 5.41) is 8.19. The van der Waals surface area contributed by atoms with Gasteiger partial charge in [-0.3, -0.25) is 4.90 Å². The van der Waals surface area contributed by atoms with Crippen LogP contribution in [0.4, 0.5) is 22.0 Å². The average molecular weight is 559 g/mol. The predicted molar refractivity (Wildman–Crippen MR) is 152 cm³/mol. The fourth-order valence-corrected chi connectivity index (χ4v) is 6.01. The zero-order chi connectivity index (χ0) is 27.7. The fraction of sp³-hybridized carbons (Fsp3) is 0.630. The van der Waals surface area contributed by atoms with Crippen LogP contribution in [0.3, 0.4) is 0 Å². The van der Waals surface area contributed by atoms with Gasteiger partial charge in [0.05, 0.1) is 5.69 Å². The lowest BCUT2D eigenvalue weighted by atomic mass is 10.1. The normalized spacial score (nSPS) is 23.7. The van der Waals surface area contributed by atoms with E-state index in [0.717, 1.165) is 50.4 Å². The Morgan fingerprint density at radius 1 is 1.13 bits per heavy atom. The molecular formula is C27H39ClN8O3. The van der Waals surface area contributed by atoms with Crippen LogP contribution in [-0.4, -0.2) is 101 Å². The van der Waals surface area contributed by atoms with Crippen LogP contribution in [0, 0.1) is 0 Å². The van der Waals surface area contributed by atoms with Crippen LogP contribution in [0.15, 0.2) is 24.4 Å². The largest absolute Gasteiger partial charge is 0.476 e. The monoisotopic (exact) mass is 558 g/mol. The lowest BCUT2D eigenvalue weighted by Gasteiger charge is -2.43. The topological polar surface area (TPSA) is 113 Å². The number of ether oxygens (including phenoxy) is 2. The Labute approximate surface area is 235 Å². The van der Waals surface area contributed by atoms with Crippen molar-refractivity contribution in [1.29, 1.82) is 0 Å². The van der Waals surface area contributed by atoms with E-state index < -0.39 is 5.60 Å². The zero-order valence-electron chi connectivity index (χ0n) is 23.2. The molecule has 2 aromatic rings. The Morgan fingerprint density at radius 2 is 1.87 bits per heavy atom. The Hall–Kier alpha value is -3.05. The number of nitrogens with zero attached hydrogens (tertiary/aromatic N) is 7. The number of nitrogens with two attached hydrogens (primary N) is 1. The number of carbonyl (C=O) groups is 1. The molecule has 3 atom stereocenters. The molecular weight excluding hydrogens is 520 g/mol. The van der Waals surface area contributed by atoms with Crippen molar-refractivity contribution >= 4 is 34.9 Å². The summed E-state index contributed by atoms with van der Waals surface area (Å²) in [7, 11) is 0. The molecule has 12 heteroatoms. The summed E-state index contributed by atoms with van der Waals surface area (Å²) in [5.74, 6) is 1.04. The molecule has 2 N–H and O–H groups in total. The van der Waals surface area contributed by atoms with Gasteiger partial charge < -0.3 is 29.9 Å². The molecule has 1 amide bonds. The average Bonchev–Trinajstić information content (AvgIpc) is 3.15. The number of halogens is 1. The first kappa shape index (κ1) is 27.5. The van der Waals surface area contributed by atoms with Gasteiger partial charge >= 0.3 is 6.09 Å². The quantitative estimate of drug-likeness (QED) is 0.566. The van der Waals surface area contributed by atoms with Crippen molar-refractivity contribution in [3.63, 3.8) is 0 Å². The molecule has 5 heterocycles. The molecule has 3 saturated heterocycles. The highest BCUT2D eigenvalue weighted by atomic mass is 35.5. The predicted octanol–water partition coefficient (Wildman–Crippen LogP) is 3.28. The van der Waals surface area contributed by atoms with Crippen LogP contribution in [0.25, 0.3) is 0 Å². The molecule has 3 aliphatic heterocycles. The first-order valence-corrected chi connectivity index (χ1v) is 14.1. The lowest BCUT2D eigenvalue weighted by molar-refractivity contribution is 0.00424. The number of anilines is 3. The molecule has 0 aliphatic carbocycles. The van der Waals surface area contributed by atoms with E-state index in [9.17, 15) is 4.79 Å². The first-order valence-electron chi connectivity index (χ1n) is 13.7. The number of pyridine rings is 1. The number of nitrogen functional groups attached to an aromatic ring is 1. The summed E-state index contributed by atoms with van der Waals surface area (Å²) in [5.41, 5.74) is 7.61. The first-order chi connectivity index (χ1) is 18.6. The van der Waals surface area contributed by atoms with Crippen molar-refractivity contribution in [3.05, 3.63) is 29.5 Å². The fourth-order valence-electron chi connectivity index (χ4n) is 5.87. The van der Waals surface area contributed by atoms with Crippen molar-refractivity contribution in [2.75, 3.05) is 61.4 Å². The number of rotatable bonds is 6. The second kappa shape index (κ2) is 11.2. The minimum absolute atomic E-state index is 0.223. The second-order valence-electron chi connectivity index (χ2n) is 11.6. The van der Waals surface area contributed by atoms with Gasteiger partial charge in [-0.15, -0.1) is 10.2 Å². The third-order valence-corrected chi connectivity index (χ3v) is 7.84. The number of hydrogen-bond acceptors (Lipinski definition) is 10. The third-order valence-electron chi connectivity index (χ3n) is 7.66. The minimum atomic E-state index is -0.487. The number of hydrogen-bond donors (Lipinski definition) is 1. The Balaban J connectivity index is 1.14. The molecule has 0 aromatic carbocycles. The van der Waals surface area contributed by atoms with E-state index >= 15 is 0 Å². The summed E-state index contributed by atoms with van der Waals surface area (Å²) in [6.45, 7) is 12.9. The molecule has 0 radical (unpaired) electrons. The zero-order valence-corrected chi connectivity index (χ0v) is 24.0. The number of carbonyl (C=O) groups excluding carboxylic acids is 1. The van der Waals surface area contributed by atoms with E-state index in [2.05, 4.69) is 42.9 Å². The maximum atomic E-state index is 12.4. The summed E-state index contributed by atoms with van der Waals surface area (Å²) >= 11 is 6.09. The highest BCUT2D eigenvalue weighted by molar-refractivity contribution is 6.29. The van der Waals surface area contributed by atoms with E-state index in [4.69, 9.17) is 26.8 Å². The smallest absolute Gasteiger partial charge is 0.410 e. The molecule has 11 nitrogen and oxygen atoms in total. The molecule has 3 aliphatic rings. The molecule has 212 valence electrons. The van der Waals surface area contributed by atoms with E-state index in [1.54, 1.807) is 11.0 Å². The maximum Gasteiger partial charge on any atom is 0.410 e. The van der Waals surface area contributed by atoms with E-state index in [1.165, 1.54) is 0 Å². The summed E-state index contributed by atoms with van der Waals surface area (Å²) in [4.78, 5) is 25.8. The Morgan fingerprint density at radius 3 is 2.56 bits per heavy atom. The van der Waals surface area contributed by atoms with Crippen LogP contribution in [0.2, 0.25) is 5.15 Å². The number of amides is 1. The van der Waals surface area contributed by atoms with Gasteiger partial charge in [-0.1, -0.05) is 11.6 Å². The molecule has 2 aromatic heterocycles. The van der Waals surface area contributed by atoms with Crippen LogP contribution >= 0.6 is 11.6 Å². The summed E-state index contributed by atoms with van der Waals surface area (Å²) in [6.07, 6.45) is 3.80. The van der Waals surface area contributed by atoms with Gasteiger partial charge in [0.15, 0.2) is 11.0 Å². The SMILES string of the molecule is C[C@@H]1CN(C(=O)OC(C)(C)C)CCN1CCOc1cc(N2[C@@H]3CC[C@@H]2CN(c2cc(Cl)nnc2N)C3)ccn1. The number of piperazine rings is 2. The third kappa shape index (κ3) is 6.41. The van der Waals surface area contributed by atoms with E-state index in [1.807, 2.05) is 33.0 Å². The highest BCUT2D eigenvalue weighted by Crippen LogP contribution is 2.38. The van der Waals surface area contributed by atoms with Crippen molar-refractivity contribution in [1.82, 2.24) is 25.0 Å². The van der Waals surface area contributed by atoms with Gasteiger partial charge in [0, 0.05) is 81.4 Å². The van der Waals surface area contributed by atoms with Crippen molar-refractivity contribution in [2.45, 2.75) is 64.3 Å². The van der Waals surface area contributed by atoms with Gasteiger partial charge in [-0.05, 0) is 46.6 Å². The second-order valence-corrected chi connectivity index (χ2v) is 12.0. The van der Waals surface area contributed by atoms with Crippen LogP contribution in [-0.2, 0) is 4.74 Å². The number of aromatic nitrogens is 3.